The fraction of sp³-hybridized carbons (Fsp3) is 0.385. The van der Waals surface area contributed by atoms with Crippen molar-refractivity contribution in [3.63, 3.8) is 0 Å². The van der Waals surface area contributed by atoms with E-state index < -0.39 is 12.1 Å². The number of rotatable bonds is 21. The monoisotopic (exact) mass is 956 g/mol. The average molecular weight is 958 g/mol. The van der Waals surface area contributed by atoms with E-state index in [9.17, 15) is 9.59 Å². The number of hydrogen-bond donors (Lipinski definition) is 2. The predicted octanol–water partition coefficient (Wildman–Crippen LogP) is 10.2. The minimum atomic E-state index is -0.534. The van der Waals surface area contributed by atoms with Crippen LogP contribution in [0.15, 0.2) is 94.9 Å². The van der Waals surface area contributed by atoms with Gasteiger partial charge < -0.3 is 20.1 Å². The Bertz CT molecular complexity index is 2590. The van der Waals surface area contributed by atoms with Gasteiger partial charge in [-0.3, -0.25) is 28.7 Å². The molecule has 4 aromatic carbocycles. The van der Waals surface area contributed by atoms with Crippen LogP contribution in [-0.4, -0.2) is 79.1 Å². The van der Waals surface area contributed by atoms with Gasteiger partial charge in [0, 0.05) is 45.4 Å². The molecule has 0 radical (unpaired) electrons. The highest BCUT2D eigenvalue weighted by molar-refractivity contribution is 6.31. The lowest BCUT2D eigenvalue weighted by Crippen LogP contribution is -2.25. The van der Waals surface area contributed by atoms with Gasteiger partial charge in [0.15, 0.2) is 11.6 Å². The van der Waals surface area contributed by atoms with E-state index in [0.717, 1.165) is 95.1 Å². The second-order valence-corrected chi connectivity index (χ2v) is 18.0. The third kappa shape index (κ3) is 11.3. The summed E-state index contributed by atoms with van der Waals surface area (Å²) >= 11 is 12.6. The van der Waals surface area contributed by atoms with Crippen molar-refractivity contribution < 1.29 is 19.1 Å². The second-order valence-electron chi connectivity index (χ2n) is 17.1. The zero-order valence-electron chi connectivity index (χ0n) is 39.1. The van der Waals surface area contributed by atoms with Gasteiger partial charge in [-0.1, -0.05) is 86.0 Å². The third-order valence-electron chi connectivity index (χ3n) is 12.1. The number of aliphatic imine (C=N–C) groups is 2. The number of benzene rings is 4. The van der Waals surface area contributed by atoms with E-state index in [1.165, 1.54) is 12.8 Å². The average Bonchev–Trinajstić information content (AvgIpc) is 3.83. The Morgan fingerprint density at radius 2 is 0.926 bits per heavy atom. The third-order valence-corrected chi connectivity index (χ3v) is 12.6. The zero-order valence-corrected chi connectivity index (χ0v) is 40.6. The molecule has 2 aliphatic heterocycles. The summed E-state index contributed by atoms with van der Waals surface area (Å²) in [5, 5.41) is 24.8. The summed E-state index contributed by atoms with van der Waals surface area (Å²) in [7, 11) is 0. The number of aryl methyl sites for hydroxylation is 2. The maximum atomic E-state index is 12.8. The molecule has 2 aliphatic rings. The van der Waals surface area contributed by atoms with Crippen LogP contribution in [0.1, 0.15) is 136 Å². The van der Waals surface area contributed by atoms with Crippen LogP contribution < -0.4 is 20.1 Å². The largest absolute Gasteiger partial charge is 0.494 e. The number of carbonyl (C=O) groups is 2. The molecule has 68 heavy (non-hydrogen) atoms. The van der Waals surface area contributed by atoms with Crippen LogP contribution in [0.3, 0.4) is 0 Å². The molecule has 8 rings (SSSR count). The van der Waals surface area contributed by atoms with Gasteiger partial charge in [-0.25, -0.2) is 0 Å². The molecular formula is C52H58Cl2N10O4. The van der Waals surface area contributed by atoms with Crippen molar-refractivity contribution in [2.24, 2.45) is 9.98 Å². The van der Waals surface area contributed by atoms with Crippen molar-refractivity contribution in [3.05, 3.63) is 141 Å². The first-order valence-electron chi connectivity index (χ1n) is 23.7. The standard InChI is InChI=1S/C52H58Cl2N10O4/c1-5-55-47(65)31-43-51-61-59-33(3)63(51)45-25-23-39(29-41(45)49(57-43)35-15-19-37(53)20-16-35)67-27-13-11-9-7-8-10-12-14-28-68-40-24-26-46-42(30-40)50(36-17-21-38(54)22-18-36)58-44(32-48(66)56-6-2)52-62-60-34(4)64(46)52/h15-26,29-30,43-44H,5-14,27-28,31-32H2,1-4H3,(H,55,65)(H,56,66)/t43-,44-/m0/s1. The van der Waals surface area contributed by atoms with Crippen molar-refractivity contribution in [1.82, 2.24) is 40.2 Å². The molecule has 2 aromatic heterocycles. The summed E-state index contributed by atoms with van der Waals surface area (Å²) in [5.74, 6) is 3.99. The molecule has 0 saturated heterocycles. The fourth-order valence-corrected chi connectivity index (χ4v) is 9.07. The molecule has 0 fully saturated rings. The van der Waals surface area contributed by atoms with Crippen molar-refractivity contribution in [2.75, 3.05) is 26.3 Å². The van der Waals surface area contributed by atoms with Crippen LogP contribution in [-0.2, 0) is 9.59 Å². The fourth-order valence-electron chi connectivity index (χ4n) is 8.81. The maximum absolute atomic E-state index is 12.8. The number of halogens is 2. The molecule has 2 amide bonds. The number of ether oxygens (including phenoxy) is 2. The van der Waals surface area contributed by atoms with Crippen molar-refractivity contribution in [2.45, 2.75) is 104 Å². The molecule has 2 atom stereocenters. The highest BCUT2D eigenvalue weighted by Crippen LogP contribution is 2.37. The van der Waals surface area contributed by atoms with Crippen molar-refractivity contribution in [3.8, 4) is 22.9 Å². The van der Waals surface area contributed by atoms with Gasteiger partial charge in [0.2, 0.25) is 11.8 Å². The highest BCUT2D eigenvalue weighted by Gasteiger charge is 2.32. The van der Waals surface area contributed by atoms with Gasteiger partial charge in [-0.2, -0.15) is 0 Å². The Hall–Kier alpha value is -6.38. The topological polar surface area (TPSA) is 163 Å². The van der Waals surface area contributed by atoms with E-state index in [0.29, 0.717) is 59.6 Å². The molecule has 14 nitrogen and oxygen atoms in total. The molecule has 0 spiro atoms. The molecular weight excluding hydrogens is 900 g/mol. The highest BCUT2D eigenvalue weighted by atomic mass is 35.5. The zero-order chi connectivity index (χ0) is 47.6. The minimum Gasteiger partial charge on any atom is -0.494 e. The van der Waals surface area contributed by atoms with Gasteiger partial charge in [-0.15, -0.1) is 20.4 Å². The van der Waals surface area contributed by atoms with Crippen molar-refractivity contribution in [1.29, 1.82) is 0 Å². The van der Waals surface area contributed by atoms with Crippen LogP contribution in [0.2, 0.25) is 10.0 Å². The Morgan fingerprint density at radius 1 is 0.544 bits per heavy atom. The summed E-state index contributed by atoms with van der Waals surface area (Å²) < 4.78 is 16.7. The molecule has 0 bridgehead atoms. The van der Waals surface area contributed by atoms with E-state index in [2.05, 4.69) is 31.0 Å². The minimum absolute atomic E-state index is 0.0983. The van der Waals surface area contributed by atoms with E-state index in [1.54, 1.807) is 0 Å². The lowest BCUT2D eigenvalue weighted by Gasteiger charge is -2.15. The number of fused-ring (bicyclic) bond motifs is 6. The number of carbonyl (C=O) groups excluding carboxylic acids is 2. The number of unbranched alkanes of at least 4 members (excludes halogenated alkanes) is 7. The first-order chi connectivity index (χ1) is 33.1. The summed E-state index contributed by atoms with van der Waals surface area (Å²) in [6.07, 6.45) is 8.98. The Balaban J connectivity index is 0.819. The number of nitrogens with zero attached hydrogens (tertiary/aromatic N) is 8. The lowest BCUT2D eigenvalue weighted by atomic mass is 10.00. The maximum Gasteiger partial charge on any atom is 0.222 e. The Labute approximate surface area is 407 Å². The molecule has 0 aliphatic carbocycles. The molecule has 0 saturated carbocycles. The quantitative estimate of drug-likeness (QED) is 0.0674. The van der Waals surface area contributed by atoms with E-state index >= 15 is 0 Å². The summed E-state index contributed by atoms with van der Waals surface area (Å²) in [6.45, 7) is 9.90. The first-order valence-corrected chi connectivity index (χ1v) is 24.5. The Kier molecular flexibility index (Phi) is 16.0. The predicted molar refractivity (Wildman–Crippen MR) is 266 cm³/mol. The van der Waals surface area contributed by atoms with Crippen LogP contribution in [0.5, 0.6) is 11.5 Å². The van der Waals surface area contributed by atoms with E-state index in [-0.39, 0.29) is 24.7 Å². The summed E-state index contributed by atoms with van der Waals surface area (Å²) in [6, 6.07) is 26.2. The molecule has 4 heterocycles. The SMILES string of the molecule is CCNC(=O)C[C@@H]1N=C(c2ccc(Cl)cc2)c2cc(OCCCCCCCCCCOc3ccc4c(c3)C(c3ccc(Cl)cc3)=N[C@@H](CC(=O)NCC)c3nnc(C)n3-4)ccc2-n2c(C)nnc21. The number of amides is 2. The number of hydrogen-bond acceptors (Lipinski definition) is 10. The second kappa shape index (κ2) is 22.6. The molecule has 0 unspecified atom stereocenters. The summed E-state index contributed by atoms with van der Waals surface area (Å²) in [5.41, 5.74) is 6.77. The number of nitrogens with one attached hydrogen (secondary N) is 2. The van der Waals surface area contributed by atoms with E-state index in [1.807, 2.05) is 122 Å². The van der Waals surface area contributed by atoms with Gasteiger partial charge in [-0.05, 0) is 101 Å². The first kappa shape index (κ1) is 48.1. The van der Waals surface area contributed by atoms with Crippen LogP contribution >= 0.6 is 23.2 Å². The molecule has 354 valence electrons. The smallest absolute Gasteiger partial charge is 0.222 e. The van der Waals surface area contributed by atoms with Gasteiger partial charge in [0.25, 0.3) is 0 Å². The normalized spacial score (nSPS) is 14.9. The van der Waals surface area contributed by atoms with Gasteiger partial charge >= 0.3 is 0 Å². The molecule has 16 heteroatoms. The van der Waals surface area contributed by atoms with Crippen LogP contribution in [0.25, 0.3) is 11.4 Å². The van der Waals surface area contributed by atoms with Crippen LogP contribution in [0, 0.1) is 13.8 Å². The van der Waals surface area contributed by atoms with E-state index in [4.69, 9.17) is 42.7 Å². The summed E-state index contributed by atoms with van der Waals surface area (Å²) in [4.78, 5) is 36.0. The van der Waals surface area contributed by atoms with Crippen LogP contribution in [0.4, 0.5) is 0 Å². The Morgan fingerprint density at radius 3 is 1.31 bits per heavy atom. The lowest BCUT2D eigenvalue weighted by molar-refractivity contribution is -0.122. The number of aromatic nitrogens is 6. The van der Waals surface area contributed by atoms with Crippen molar-refractivity contribution >= 4 is 46.4 Å². The van der Waals surface area contributed by atoms with Gasteiger partial charge in [0.05, 0.1) is 48.9 Å². The molecule has 2 N–H and O–H groups in total. The van der Waals surface area contributed by atoms with Gasteiger partial charge in [0.1, 0.15) is 35.2 Å². The molecule has 6 aromatic rings.